The van der Waals surface area contributed by atoms with Gasteiger partial charge in [-0.3, -0.25) is 0 Å². The van der Waals surface area contributed by atoms with Crippen LogP contribution in [0, 0.1) is 5.92 Å². The van der Waals surface area contributed by atoms with Crippen molar-refractivity contribution in [1.29, 1.82) is 0 Å². The van der Waals surface area contributed by atoms with E-state index in [9.17, 15) is 9.59 Å². The summed E-state index contributed by atoms with van der Waals surface area (Å²) in [6.07, 6.45) is 2.40. The van der Waals surface area contributed by atoms with Gasteiger partial charge in [-0.25, -0.2) is 9.59 Å². The van der Waals surface area contributed by atoms with E-state index < -0.39 is 11.6 Å². The smallest absolute Gasteiger partial charge is 0.408 e. The second kappa shape index (κ2) is 8.09. The van der Waals surface area contributed by atoms with Crippen LogP contribution >= 0.6 is 0 Å². The normalized spacial score (nSPS) is 17.0. The van der Waals surface area contributed by atoms with Gasteiger partial charge in [0, 0.05) is 7.11 Å². The van der Waals surface area contributed by atoms with Crippen LogP contribution < -0.4 is 5.32 Å². The van der Waals surface area contributed by atoms with Crippen molar-refractivity contribution in [2.45, 2.75) is 45.1 Å². The van der Waals surface area contributed by atoms with Crippen molar-refractivity contribution < 1.29 is 23.8 Å². The van der Waals surface area contributed by atoms with Gasteiger partial charge in [0.1, 0.15) is 12.1 Å². The molecule has 1 aliphatic carbocycles. The fourth-order valence-corrected chi connectivity index (χ4v) is 2.19. The highest BCUT2D eigenvalue weighted by Gasteiger charge is 2.44. The Morgan fingerprint density at radius 3 is 2.35 bits per heavy atom. The first-order valence-corrected chi connectivity index (χ1v) is 7.11. The van der Waals surface area contributed by atoms with E-state index >= 15 is 0 Å². The van der Waals surface area contributed by atoms with Gasteiger partial charge < -0.3 is 19.5 Å². The molecule has 1 N–H and O–H groups in total. The van der Waals surface area contributed by atoms with Crippen LogP contribution in [-0.2, 0) is 19.0 Å². The van der Waals surface area contributed by atoms with E-state index in [2.05, 4.69) is 5.32 Å². The van der Waals surface area contributed by atoms with E-state index in [1.54, 1.807) is 0 Å². The molecule has 1 rings (SSSR count). The van der Waals surface area contributed by atoms with Gasteiger partial charge in [0.15, 0.2) is 0 Å². The minimum Gasteiger partial charge on any atom is -0.464 e. The predicted molar refractivity (Wildman–Crippen MR) is 73.4 cm³/mol. The van der Waals surface area contributed by atoms with Gasteiger partial charge in [0.2, 0.25) is 0 Å². The summed E-state index contributed by atoms with van der Waals surface area (Å²) in [5.74, 6) is -0.0848. The third kappa shape index (κ3) is 5.00. The van der Waals surface area contributed by atoms with Crippen molar-refractivity contribution in [3.05, 3.63) is 0 Å². The number of ether oxygens (including phenoxy) is 3. The summed E-state index contributed by atoms with van der Waals surface area (Å²) in [5, 5.41) is 2.68. The summed E-state index contributed by atoms with van der Waals surface area (Å²) in [4.78, 5) is 23.9. The molecule has 0 bridgehead atoms. The Morgan fingerprint density at radius 2 is 1.80 bits per heavy atom. The summed E-state index contributed by atoms with van der Waals surface area (Å²) >= 11 is 0. The van der Waals surface area contributed by atoms with Crippen LogP contribution in [0.5, 0.6) is 0 Å². The molecule has 0 aromatic rings. The van der Waals surface area contributed by atoms with Crippen molar-refractivity contribution in [2.24, 2.45) is 5.92 Å². The molecule has 0 radical (unpaired) electrons. The molecular weight excluding hydrogens is 262 g/mol. The fraction of sp³-hybridized carbons (Fsp3) is 0.857. The Balaban J connectivity index is 2.53. The molecule has 0 aliphatic heterocycles. The quantitative estimate of drug-likeness (QED) is 0.571. The molecule has 116 valence electrons. The van der Waals surface area contributed by atoms with E-state index in [0.29, 0.717) is 26.1 Å². The summed E-state index contributed by atoms with van der Waals surface area (Å²) < 4.78 is 15.0. The molecule has 0 saturated heterocycles. The Morgan fingerprint density at radius 1 is 1.15 bits per heavy atom. The Hall–Kier alpha value is -1.30. The molecule has 0 aromatic carbocycles. The molecule has 1 saturated carbocycles. The van der Waals surface area contributed by atoms with Gasteiger partial charge in [0.25, 0.3) is 0 Å². The van der Waals surface area contributed by atoms with E-state index in [4.69, 9.17) is 14.2 Å². The van der Waals surface area contributed by atoms with E-state index in [1.807, 2.05) is 13.8 Å². The molecule has 0 heterocycles. The number of carbonyl (C=O) groups excluding carboxylic acids is 2. The zero-order chi connectivity index (χ0) is 15.0. The van der Waals surface area contributed by atoms with Crippen molar-refractivity contribution in [2.75, 3.05) is 26.9 Å². The van der Waals surface area contributed by atoms with Crippen LogP contribution in [0.15, 0.2) is 0 Å². The Bertz CT molecular complexity index is 324. The van der Waals surface area contributed by atoms with Crippen molar-refractivity contribution >= 4 is 12.1 Å². The summed E-state index contributed by atoms with van der Waals surface area (Å²) in [5.41, 5.74) is -0.918. The fourth-order valence-electron chi connectivity index (χ4n) is 2.19. The molecule has 1 aliphatic rings. The van der Waals surface area contributed by atoms with Crippen LogP contribution in [0.4, 0.5) is 4.79 Å². The Labute approximate surface area is 120 Å². The number of nitrogens with one attached hydrogen (secondary N) is 1. The number of esters is 1. The lowest BCUT2D eigenvalue weighted by atomic mass is 9.98. The lowest BCUT2D eigenvalue weighted by Gasteiger charge is -2.27. The van der Waals surface area contributed by atoms with Crippen LogP contribution in [-0.4, -0.2) is 44.5 Å². The summed E-state index contributed by atoms with van der Waals surface area (Å²) in [7, 11) is 1.53. The standard InChI is InChI=1S/C14H25NO5/c1-11(2)10-20-12(16)14(6-4-5-7-14)15-13(17)19-9-8-18-3/h11H,4-10H2,1-3H3,(H,15,17). The SMILES string of the molecule is COCCOC(=O)NC1(C(=O)OCC(C)C)CCCC1. The van der Waals surface area contributed by atoms with Crippen molar-refractivity contribution in [3.63, 3.8) is 0 Å². The maximum atomic E-state index is 12.2. The lowest BCUT2D eigenvalue weighted by molar-refractivity contribution is -0.152. The highest BCUT2D eigenvalue weighted by atomic mass is 16.6. The van der Waals surface area contributed by atoms with Gasteiger partial charge in [-0.2, -0.15) is 0 Å². The van der Waals surface area contributed by atoms with Crippen LogP contribution in [0.2, 0.25) is 0 Å². The Kier molecular flexibility index (Phi) is 6.78. The van der Waals surface area contributed by atoms with Gasteiger partial charge in [0.05, 0.1) is 13.2 Å². The average molecular weight is 287 g/mol. The van der Waals surface area contributed by atoms with E-state index in [-0.39, 0.29) is 18.5 Å². The van der Waals surface area contributed by atoms with Gasteiger partial charge >= 0.3 is 12.1 Å². The minimum absolute atomic E-state index is 0.166. The molecule has 0 aromatic heterocycles. The third-order valence-corrected chi connectivity index (χ3v) is 3.26. The number of carbonyl (C=O) groups is 2. The second-order valence-electron chi connectivity index (χ2n) is 5.54. The molecule has 1 amide bonds. The molecule has 0 unspecified atom stereocenters. The molecule has 0 spiro atoms. The first-order valence-electron chi connectivity index (χ1n) is 7.11. The monoisotopic (exact) mass is 287 g/mol. The first kappa shape index (κ1) is 16.8. The van der Waals surface area contributed by atoms with Gasteiger partial charge in [-0.05, 0) is 18.8 Å². The number of alkyl carbamates (subject to hydrolysis) is 1. The number of amides is 1. The minimum atomic E-state index is -0.918. The topological polar surface area (TPSA) is 73.9 Å². The predicted octanol–water partition coefficient (Wildman–Crippen LogP) is 1.87. The molecule has 0 atom stereocenters. The molecule has 20 heavy (non-hydrogen) atoms. The second-order valence-corrected chi connectivity index (χ2v) is 5.54. The van der Waals surface area contributed by atoms with Crippen molar-refractivity contribution in [1.82, 2.24) is 5.32 Å². The van der Waals surface area contributed by atoms with Crippen LogP contribution in [0.25, 0.3) is 0 Å². The van der Waals surface area contributed by atoms with Gasteiger partial charge in [-0.1, -0.05) is 26.7 Å². The zero-order valence-corrected chi connectivity index (χ0v) is 12.6. The highest BCUT2D eigenvalue weighted by molar-refractivity contribution is 5.86. The first-order chi connectivity index (χ1) is 9.50. The zero-order valence-electron chi connectivity index (χ0n) is 12.6. The van der Waals surface area contributed by atoms with Crippen LogP contribution in [0.3, 0.4) is 0 Å². The highest BCUT2D eigenvalue weighted by Crippen LogP contribution is 2.31. The number of hydrogen-bond acceptors (Lipinski definition) is 5. The van der Waals surface area contributed by atoms with E-state index in [0.717, 1.165) is 12.8 Å². The average Bonchev–Trinajstić information content (AvgIpc) is 2.86. The third-order valence-electron chi connectivity index (χ3n) is 3.26. The summed E-state index contributed by atoms with van der Waals surface area (Å²) in [6.45, 7) is 4.81. The maximum Gasteiger partial charge on any atom is 0.408 e. The molecule has 6 heteroatoms. The van der Waals surface area contributed by atoms with E-state index in [1.165, 1.54) is 7.11 Å². The summed E-state index contributed by atoms with van der Waals surface area (Å²) in [6, 6.07) is 0. The number of methoxy groups -OCH3 is 1. The lowest BCUT2D eigenvalue weighted by Crippen LogP contribution is -2.53. The number of rotatable bonds is 7. The van der Waals surface area contributed by atoms with Crippen molar-refractivity contribution in [3.8, 4) is 0 Å². The number of hydrogen-bond donors (Lipinski definition) is 1. The van der Waals surface area contributed by atoms with Crippen LogP contribution in [0.1, 0.15) is 39.5 Å². The maximum absolute atomic E-state index is 12.2. The molecular formula is C14H25NO5. The van der Waals surface area contributed by atoms with Gasteiger partial charge in [-0.15, -0.1) is 0 Å². The molecule has 1 fully saturated rings. The molecule has 6 nitrogen and oxygen atoms in total. The largest absolute Gasteiger partial charge is 0.464 e.